The zero-order chi connectivity index (χ0) is 13.5. The first kappa shape index (κ1) is 14.2. The molecule has 0 unspecified atom stereocenters. The van der Waals surface area contributed by atoms with Crippen LogP contribution < -0.4 is 10.6 Å². The maximum Gasteiger partial charge on any atom is 0.226 e. The molecule has 19 heavy (non-hydrogen) atoms. The molecule has 2 heterocycles. The number of likely N-dealkylation sites (N-methyl/N-ethyl adjacent to an activating group) is 1. The van der Waals surface area contributed by atoms with Gasteiger partial charge in [-0.1, -0.05) is 13.0 Å². The third kappa shape index (κ3) is 4.41. The zero-order valence-electron chi connectivity index (χ0n) is 10.8. The van der Waals surface area contributed by atoms with E-state index < -0.39 is 0 Å². The van der Waals surface area contributed by atoms with Crippen LogP contribution in [0.2, 0.25) is 0 Å². The summed E-state index contributed by atoms with van der Waals surface area (Å²) in [5.74, 6) is 0.0286. The minimum atomic E-state index is 0.0286. The third-order valence-corrected chi connectivity index (χ3v) is 4.43. The number of rotatable bonds is 7. The lowest BCUT2D eigenvalue weighted by molar-refractivity contribution is -0.120. The Kier molecular flexibility index (Phi) is 5.50. The maximum atomic E-state index is 11.7. The van der Waals surface area contributed by atoms with Gasteiger partial charge < -0.3 is 10.6 Å². The Bertz CT molecular complexity index is 508. The molecule has 0 aromatic carbocycles. The molecule has 0 bridgehead atoms. The summed E-state index contributed by atoms with van der Waals surface area (Å²) in [4.78, 5) is 17.3. The second-order valence-corrected chi connectivity index (χ2v) is 5.81. The molecular formula is C13H17N3OS2. The van der Waals surface area contributed by atoms with Crippen LogP contribution in [0.15, 0.2) is 22.9 Å². The van der Waals surface area contributed by atoms with Crippen LogP contribution in [0.5, 0.6) is 0 Å². The van der Waals surface area contributed by atoms with E-state index >= 15 is 0 Å². The number of aromatic nitrogens is 1. The summed E-state index contributed by atoms with van der Waals surface area (Å²) in [5, 5.41) is 11.0. The fourth-order valence-corrected chi connectivity index (χ4v) is 3.23. The van der Waals surface area contributed by atoms with Gasteiger partial charge in [0.25, 0.3) is 0 Å². The van der Waals surface area contributed by atoms with E-state index in [2.05, 4.69) is 15.6 Å². The summed E-state index contributed by atoms with van der Waals surface area (Å²) < 4.78 is 0. The Morgan fingerprint density at radius 1 is 1.37 bits per heavy atom. The molecule has 2 N–H and O–H groups in total. The Balaban J connectivity index is 1.81. The summed E-state index contributed by atoms with van der Waals surface area (Å²) in [6, 6.07) is 4.05. The second kappa shape index (κ2) is 7.37. The third-order valence-electron chi connectivity index (χ3n) is 2.50. The number of thiophene rings is 1. The van der Waals surface area contributed by atoms with Gasteiger partial charge in [-0.2, -0.15) is 0 Å². The quantitative estimate of drug-likeness (QED) is 0.770. The molecule has 0 atom stereocenters. The summed E-state index contributed by atoms with van der Waals surface area (Å²) >= 11 is 3.25. The molecular weight excluding hydrogens is 278 g/mol. The second-order valence-electron chi connectivity index (χ2n) is 4.00. The first-order valence-corrected chi connectivity index (χ1v) is 8.01. The van der Waals surface area contributed by atoms with Gasteiger partial charge in [-0.15, -0.1) is 22.7 Å². The average Bonchev–Trinajstić information content (AvgIpc) is 3.04. The standard InChI is InChI=1S/C13H17N3OS2/c1-2-14-5-6-15-12(17)8-10-9-19-13(16-10)11-4-3-7-18-11/h3-4,7,9,14H,2,5-6,8H2,1H3,(H,15,17). The van der Waals surface area contributed by atoms with Crippen molar-refractivity contribution in [1.82, 2.24) is 15.6 Å². The van der Waals surface area contributed by atoms with Crippen molar-refractivity contribution in [2.75, 3.05) is 19.6 Å². The highest BCUT2D eigenvalue weighted by Crippen LogP contribution is 2.27. The molecule has 2 rings (SSSR count). The molecule has 2 aromatic heterocycles. The molecule has 102 valence electrons. The number of hydrogen-bond donors (Lipinski definition) is 2. The zero-order valence-corrected chi connectivity index (χ0v) is 12.4. The molecule has 0 saturated carbocycles. The van der Waals surface area contributed by atoms with Gasteiger partial charge in [0.2, 0.25) is 5.91 Å². The molecule has 2 aromatic rings. The predicted octanol–water partition coefficient (Wildman–Crippen LogP) is 2.14. The van der Waals surface area contributed by atoms with Crippen molar-refractivity contribution in [3.05, 3.63) is 28.6 Å². The van der Waals surface area contributed by atoms with Crippen LogP contribution in [0.1, 0.15) is 12.6 Å². The lowest BCUT2D eigenvalue weighted by Gasteiger charge is -2.03. The molecule has 0 aliphatic heterocycles. The van der Waals surface area contributed by atoms with E-state index in [-0.39, 0.29) is 5.91 Å². The van der Waals surface area contributed by atoms with Crippen LogP contribution >= 0.6 is 22.7 Å². The van der Waals surface area contributed by atoms with Crippen molar-refractivity contribution in [1.29, 1.82) is 0 Å². The number of amides is 1. The van der Waals surface area contributed by atoms with E-state index in [1.54, 1.807) is 22.7 Å². The van der Waals surface area contributed by atoms with Crippen LogP contribution in [0.4, 0.5) is 0 Å². The number of nitrogens with one attached hydrogen (secondary N) is 2. The van der Waals surface area contributed by atoms with E-state index in [1.165, 1.54) is 0 Å². The van der Waals surface area contributed by atoms with Gasteiger partial charge in [0.1, 0.15) is 5.01 Å². The smallest absolute Gasteiger partial charge is 0.226 e. The normalized spacial score (nSPS) is 10.6. The largest absolute Gasteiger partial charge is 0.354 e. The van der Waals surface area contributed by atoms with Gasteiger partial charge in [-0.3, -0.25) is 4.79 Å². The number of nitrogens with zero attached hydrogens (tertiary/aromatic N) is 1. The molecule has 0 radical (unpaired) electrons. The summed E-state index contributed by atoms with van der Waals surface area (Å²) in [6.07, 6.45) is 0.355. The lowest BCUT2D eigenvalue weighted by Crippen LogP contribution is -2.32. The highest BCUT2D eigenvalue weighted by Gasteiger charge is 2.09. The fraction of sp³-hybridized carbons (Fsp3) is 0.385. The summed E-state index contributed by atoms with van der Waals surface area (Å²) in [5.41, 5.74) is 0.842. The van der Waals surface area contributed by atoms with Crippen LogP contribution in [-0.4, -0.2) is 30.5 Å². The van der Waals surface area contributed by atoms with Gasteiger partial charge in [-0.25, -0.2) is 4.98 Å². The number of carbonyl (C=O) groups is 1. The summed E-state index contributed by atoms with van der Waals surface area (Å²) in [6.45, 7) is 4.43. The van der Waals surface area contributed by atoms with Crippen LogP contribution in [-0.2, 0) is 11.2 Å². The van der Waals surface area contributed by atoms with E-state index in [1.807, 2.05) is 29.8 Å². The van der Waals surface area contributed by atoms with Gasteiger partial charge in [0, 0.05) is 18.5 Å². The van der Waals surface area contributed by atoms with Gasteiger partial charge >= 0.3 is 0 Å². The number of thiazole rings is 1. The average molecular weight is 295 g/mol. The van der Waals surface area contributed by atoms with E-state index in [9.17, 15) is 4.79 Å². The van der Waals surface area contributed by atoms with Crippen molar-refractivity contribution < 1.29 is 4.79 Å². The highest BCUT2D eigenvalue weighted by atomic mass is 32.1. The van der Waals surface area contributed by atoms with Gasteiger partial charge in [0.05, 0.1) is 17.0 Å². The van der Waals surface area contributed by atoms with Crippen molar-refractivity contribution >= 4 is 28.6 Å². The van der Waals surface area contributed by atoms with Crippen LogP contribution in [0.3, 0.4) is 0 Å². The Labute approximate surface area is 120 Å². The van der Waals surface area contributed by atoms with Gasteiger partial charge in [-0.05, 0) is 18.0 Å². The minimum Gasteiger partial charge on any atom is -0.354 e. The van der Waals surface area contributed by atoms with Crippen LogP contribution in [0, 0.1) is 0 Å². The SMILES string of the molecule is CCNCCNC(=O)Cc1csc(-c2cccs2)n1. The van der Waals surface area contributed by atoms with Crippen molar-refractivity contribution in [3.8, 4) is 9.88 Å². The number of hydrogen-bond acceptors (Lipinski definition) is 5. The first-order chi connectivity index (χ1) is 9.29. The molecule has 0 aliphatic rings. The van der Waals surface area contributed by atoms with E-state index in [0.29, 0.717) is 13.0 Å². The predicted molar refractivity (Wildman–Crippen MR) is 80.7 cm³/mol. The highest BCUT2D eigenvalue weighted by molar-refractivity contribution is 7.20. The lowest BCUT2D eigenvalue weighted by atomic mass is 10.3. The molecule has 1 amide bonds. The van der Waals surface area contributed by atoms with E-state index in [0.717, 1.165) is 28.7 Å². The monoisotopic (exact) mass is 295 g/mol. The number of carbonyl (C=O) groups excluding carboxylic acids is 1. The minimum absolute atomic E-state index is 0.0286. The van der Waals surface area contributed by atoms with Crippen molar-refractivity contribution in [3.63, 3.8) is 0 Å². The molecule has 0 spiro atoms. The Morgan fingerprint density at radius 2 is 2.26 bits per heavy atom. The topological polar surface area (TPSA) is 54.0 Å². The molecule has 0 aliphatic carbocycles. The van der Waals surface area contributed by atoms with E-state index in [4.69, 9.17) is 0 Å². The molecule has 4 nitrogen and oxygen atoms in total. The Morgan fingerprint density at radius 3 is 3.00 bits per heavy atom. The molecule has 6 heteroatoms. The fourth-order valence-electron chi connectivity index (χ4n) is 1.60. The Hall–Kier alpha value is -1.24. The molecule has 0 fully saturated rings. The van der Waals surface area contributed by atoms with Gasteiger partial charge in [0.15, 0.2) is 0 Å². The first-order valence-electron chi connectivity index (χ1n) is 6.25. The van der Waals surface area contributed by atoms with Crippen LogP contribution in [0.25, 0.3) is 9.88 Å². The molecule has 0 saturated heterocycles. The summed E-state index contributed by atoms with van der Waals surface area (Å²) in [7, 11) is 0. The van der Waals surface area contributed by atoms with Crippen molar-refractivity contribution in [2.45, 2.75) is 13.3 Å². The van der Waals surface area contributed by atoms with Crippen molar-refractivity contribution in [2.24, 2.45) is 0 Å². The maximum absolute atomic E-state index is 11.7.